The zero-order valence-electron chi connectivity index (χ0n) is 14.4. The first-order chi connectivity index (χ1) is 11.3. The van der Waals surface area contributed by atoms with Crippen LogP contribution in [-0.4, -0.2) is 39.4 Å². The van der Waals surface area contributed by atoms with Gasteiger partial charge in [0.05, 0.1) is 12.6 Å². The number of aliphatic hydroxyl groups excluding tert-OH is 1. The Morgan fingerprint density at radius 3 is 2.00 bits per heavy atom. The van der Waals surface area contributed by atoms with Gasteiger partial charge in [0, 0.05) is 5.54 Å². The molecule has 0 spiro atoms. The molecule has 0 aromatic heterocycles. The molecule has 0 aliphatic carbocycles. The third-order valence-corrected chi connectivity index (χ3v) is 4.04. The lowest BCUT2D eigenvalue weighted by Crippen LogP contribution is -2.53. The minimum absolute atomic E-state index is 0.204. The van der Waals surface area contributed by atoms with Crippen LogP contribution in [0.4, 0.5) is 4.79 Å². The summed E-state index contributed by atoms with van der Waals surface area (Å²) in [5.41, 5.74) is 2.70. The Labute approximate surface area is 143 Å². The normalized spacial score (nSPS) is 12.7. The summed E-state index contributed by atoms with van der Waals surface area (Å²) < 4.78 is 0. The molecular weight excluding hydrogens is 302 g/mol. The number of rotatable bonds is 5. The van der Waals surface area contributed by atoms with Crippen molar-refractivity contribution in [2.75, 3.05) is 6.61 Å². The molecule has 4 heteroatoms. The summed E-state index contributed by atoms with van der Waals surface area (Å²) in [6, 6.07) is 17.7. The SMILES string of the molecule is CC(C)(C)N(C(=O)O)[C@@H](CO)Cc1ccc(-c2ccccc2)cc1. The fraction of sp³-hybridized carbons (Fsp3) is 0.350. The summed E-state index contributed by atoms with van der Waals surface area (Å²) in [7, 11) is 0. The van der Waals surface area contributed by atoms with E-state index in [0.29, 0.717) is 6.42 Å². The second-order valence-electron chi connectivity index (χ2n) is 6.93. The smallest absolute Gasteiger partial charge is 0.408 e. The van der Waals surface area contributed by atoms with Gasteiger partial charge in [0.15, 0.2) is 0 Å². The Balaban J connectivity index is 2.18. The van der Waals surface area contributed by atoms with Crippen LogP contribution in [0.2, 0.25) is 0 Å². The molecule has 2 aromatic carbocycles. The van der Waals surface area contributed by atoms with E-state index in [-0.39, 0.29) is 6.61 Å². The molecule has 0 bridgehead atoms. The fourth-order valence-electron chi connectivity index (χ4n) is 2.96. The first-order valence-corrected chi connectivity index (χ1v) is 8.10. The predicted molar refractivity (Wildman–Crippen MR) is 96.1 cm³/mol. The predicted octanol–water partition coefficient (Wildman–Crippen LogP) is 4.04. The van der Waals surface area contributed by atoms with Crippen LogP contribution in [0.25, 0.3) is 11.1 Å². The van der Waals surface area contributed by atoms with Crippen LogP contribution in [0.5, 0.6) is 0 Å². The van der Waals surface area contributed by atoms with Crippen molar-refractivity contribution < 1.29 is 15.0 Å². The molecule has 1 amide bonds. The van der Waals surface area contributed by atoms with E-state index in [9.17, 15) is 15.0 Å². The molecule has 128 valence electrons. The quantitative estimate of drug-likeness (QED) is 0.871. The Bertz CT molecular complexity index is 660. The minimum atomic E-state index is -1.01. The zero-order valence-corrected chi connectivity index (χ0v) is 14.4. The molecule has 0 unspecified atom stereocenters. The summed E-state index contributed by atoms with van der Waals surface area (Å²) in [4.78, 5) is 12.9. The number of hydrogen-bond acceptors (Lipinski definition) is 2. The van der Waals surface area contributed by atoms with Gasteiger partial charge in [-0.3, -0.25) is 4.90 Å². The molecule has 0 fully saturated rings. The number of amides is 1. The molecular formula is C20H25NO3. The van der Waals surface area contributed by atoms with E-state index in [4.69, 9.17) is 0 Å². The van der Waals surface area contributed by atoms with Crippen LogP contribution in [0.3, 0.4) is 0 Å². The third kappa shape index (κ3) is 4.36. The summed E-state index contributed by atoms with van der Waals surface area (Å²) in [5.74, 6) is 0. The second kappa shape index (κ2) is 7.49. The molecule has 24 heavy (non-hydrogen) atoms. The second-order valence-corrected chi connectivity index (χ2v) is 6.93. The van der Waals surface area contributed by atoms with Crippen molar-refractivity contribution >= 4 is 6.09 Å². The monoisotopic (exact) mass is 327 g/mol. The van der Waals surface area contributed by atoms with Crippen molar-refractivity contribution in [1.29, 1.82) is 0 Å². The number of carbonyl (C=O) groups is 1. The highest BCUT2D eigenvalue weighted by Crippen LogP contribution is 2.23. The summed E-state index contributed by atoms with van der Waals surface area (Å²) in [6.07, 6.45) is -0.530. The van der Waals surface area contributed by atoms with Crippen molar-refractivity contribution in [3.8, 4) is 11.1 Å². The molecule has 1 atom stereocenters. The molecule has 0 saturated heterocycles. The lowest BCUT2D eigenvalue weighted by molar-refractivity contribution is 0.0465. The fourth-order valence-corrected chi connectivity index (χ4v) is 2.96. The van der Waals surface area contributed by atoms with Crippen LogP contribution in [-0.2, 0) is 6.42 Å². The maximum atomic E-state index is 11.6. The maximum absolute atomic E-state index is 11.6. The lowest BCUT2D eigenvalue weighted by Gasteiger charge is -2.39. The molecule has 4 nitrogen and oxygen atoms in total. The van der Waals surface area contributed by atoms with Gasteiger partial charge < -0.3 is 10.2 Å². The number of hydrogen-bond donors (Lipinski definition) is 2. The number of carboxylic acid groups (broad SMARTS) is 1. The Hall–Kier alpha value is -2.33. The molecule has 0 saturated carbocycles. The van der Waals surface area contributed by atoms with E-state index in [0.717, 1.165) is 16.7 Å². The summed E-state index contributed by atoms with van der Waals surface area (Å²) in [6.45, 7) is 5.30. The highest BCUT2D eigenvalue weighted by atomic mass is 16.4. The topological polar surface area (TPSA) is 60.8 Å². The highest BCUT2D eigenvalue weighted by molar-refractivity contribution is 5.67. The van der Waals surface area contributed by atoms with Crippen LogP contribution in [0.15, 0.2) is 54.6 Å². The highest BCUT2D eigenvalue weighted by Gasteiger charge is 2.32. The van der Waals surface area contributed by atoms with Crippen molar-refractivity contribution in [1.82, 2.24) is 4.90 Å². The van der Waals surface area contributed by atoms with E-state index in [1.807, 2.05) is 63.2 Å². The van der Waals surface area contributed by atoms with Crippen molar-refractivity contribution in [3.05, 3.63) is 60.2 Å². The van der Waals surface area contributed by atoms with Crippen LogP contribution in [0, 0.1) is 0 Å². The Morgan fingerprint density at radius 1 is 1.00 bits per heavy atom. The van der Waals surface area contributed by atoms with E-state index in [1.54, 1.807) is 0 Å². The van der Waals surface area contributed by atoms with Crippen LogP contribution < -0.4 is 0 Å². The van der Waals surface area contributed by atoms with Crippen LogP contribution >= 0.6 is 0 Å². The number of benzene rings is 2. The minimum Gasteiger partial charge on any atom is -0.465 e. The van der Waals surface area contributed by atoms with E-state index in [2.05, 4.69) is 12.1 Å². The Morgan fingerprint density at radius 2 is 1.54 bits per heavy atom. The molecule has 2 N–H and O–H groups in total. The molecule has 0 radical (unpaired) electrons. The van der Waals surface area contributed by atoms with E-state index >= 15 is 0 Å². The summed E-state index contributed by atoms with van der Waals surface area (Å²) in [5, 5.41) is 19.2. The molecule has 0 aliphatic heterocycles. The maximum Gasteiger partial charge on any atom is 0.408 e. The van der Waals surface area contributed by atoms with Gasteiger partial charge in [0.1, 0.15) is 0 Å². The molecule has 0 aliphatic rings. The third-order valence-electron chi connectivity index (χ3n) is 4.04. The standard InChI is InChI=1S/C20H25NO3/c1-20(2,3)21(19(23)24)18(14-22)13-15-9-11-17(12-10-15)16-7-5-4-6-8-16/h4-12,18,22H,13-14H2,1-3H3,(H,23,24)/t18-/m1/s1. The average molecular weight is 327 g/mol. The molecule has 0 heterocycles. The van der Waals surface area contributed by atoms with Crippen molar-refractivity contribution in [3.63, 3.8) is 0 Å². The van der Waals surface area contributed by atoms with Gasteiger partial charge in [0.25, 0.3) is 0 Å². The van der Waals surface area contributed by atoms with Crippen molar-refractivity contribution in [2.45, 2.75) is 38.8 Å². The largest absolute Gasteiger partial charge is 0.465 e. The van der Waals surface area contributed by atoms with Gasteiger partial charge in [-0.1, -0.05) is 54.6 Å². The van der Waals surface area contributed by atoms with Crippen molar-refractivity contribution in [2.24, 2.45) is 0 Å². The zero-order chi connectivity index (χ0) is 17.7. The van der Waals surface area contributed by atoms with E-state index < -0.39 is 17.7 Å². The molecule has 2 rings (SSSR count). The van der Waals surface area contributed by atoms with Gasteiger partial charge in [0.2, 0.25) is 0 Å². The summed E-state index contributed by atoms with van der Waals surface area (Å²) >= 11 is 0. The number of nitrogens with zero attached hydrogens (tertiary/aromatic N) is 1. The lowest BCUT2D eigenvalue weighted by atomic mass is 9.97. The van der Waals surface area contributed by atoms with Gasteiger partial charge >= 0.3 is 6.09 Å². The number of aliphatic hydroxyl groups is 1. The first kappa shape index (κ1) is 18.0. The van der Waals surface area contributed by atoms with Gasteiger partial charge in [-0.2, -0.15) is 0 Å². The van der Waals surface area contributed by atoms with Gasteiger partial charge in [-0.15, -0.1) is 0 Å². The van der Waals surface area contributed by atoms with Gasteiger partial charge in [-0.05, 0) is 43.9 Å². The van der Waals surface area contributed by atoms with E-state index in [1.165, 1.54) is 4.90 Å². The molecule has 2 aromatic rings. The first-order valence-electron chi connectivity index (χ1n) is 8.10. The Kier molecular flexibility index (Phi) is 5.62. The van der Waals surface area contributed by atoms with Gasteiger partial charge in [-0.25, -0.2) is 4.79 Å². The van der Waals surface area contributed by atoms with Crippen LogP contribution in [0.1, 0.15) is 26.3 Å². The average Bonchev–Trinajstić information content (AvgIpc) is 2.54.